The van der Waals surface area contributed by atoms with Crippen molar-refractivity contribution in [3.63, 3.8) is 0 Å². The summed E-state index contributed by atoms with van der Waals surface area (Å²) >= 11 is 0. The molecule has 1 saturated carbocycles. The van der Waals surface area contributed by atoms with Gasteiger partial charge in [0.05, 0.1) is 5.41 Å². The molecule has 1 fully saturated rings. The first kappa shape index (κ1) is 12.4. The molecular weight excluding hydrogens is 282 g/mol. The molecule has 0 aromatic heterocycles. The number of hydrogen-bond acceptors (Lipinski definition) is 5. The number of ketones is 1. The van der Waals surface area contributed by atoms with Crippen LogP contribution in [-0.2, 0) is 16.6 Å². The molecule has 1 aliphatic heterocycles. The Labute approximate surface area is 126 Å². The fourth-order valence-electron chi connectivity index (χ4n) is 5.05. The van der Waals surface area contributed by atoms with E-state index in [0.717, 1.165) is 11.1 Å². The van der Waals surface area contributed by atoms with Gasteiger partial charge in [-0.1, -0.05) is 6.07 Å². The monoisotopic (exact) mass is 297 g/mol. The molecule has 0 amide bonds. The van der Waals surface area contributed by atoms with Gasteiger partial charge >= 0.3 is 0 Å². The first-order valence-corrected chi connectivity index (χ1v) is 7.54. The average molecular weight is 297 g/mol. The van der Waals surface area contributed by atoms with E-state index in [9.17, 15) is 15.0 Å². The highest BCUT2D eigenvalue weighted by atomic mass is 16.5. The Morgan fingerprint density at radius 3 is 3.00 bits per heavy atom. The molecule has 3 N–H and O–H groups in total. The molecule has 5 rings (SSSR count). The second-order valence-electron chi connectivity index (χ2n) is 6.76. The van der Waals surface area contributed by atoms with E-state index in [2.05, 4.69) is 0 Å². The summed E-state index contributed by atoms with van der Waals surface area (Å²) in [5, 5.41) is 29.9. The molecule has 1 unspecified atom stereocenters. The quantitative estimate of drug-likeness (QED) is 0.672. The van der Waals surface area contributed by atoms with Crippen molar-refractivity contribution >= 4 is 11.5 Å². The van der Waals surface area contributed by atoms with Crippen molar-refractivity contribution in [2.45, 2.75) is 36.4 Å². The van der Waals surface area contributed by atoms with Crippen molar-refractivity contribution in [2.75, 3.05) is 0 Å². The molecule has 112 valence electrons. The zero-order chi connectivity index (χ0) is 15.3. The van der Waals surface area contributed by atoms with E-state index in [1.165, 1.54) is 6.08 Å². The standard InChI is InChI=1S/C17H15NO4/c18-10-3-5-16-13-8-1-2-11(19)14(13)22-15(16)12(20)4-6-17(16,21)9(10)7-8/h1-2,4,6,9,15,18-19,21H,3,5,7H2/t9-,15?,16-,17+/m0/s1. The molecular formula is C17H15NO4. The number of aliphatic hydroxyl groups is 1. The number of hydrogen-bond donors (Lipinski definition) is 3. The molecule has 1 spiro atoms. The van der Waals surface area contributed by atoms with Gasteiger partial charge in [-0.25, -0.2) is 0 Å². The van der Waals surface area contributed by atoms with E-state index in [0.29, 0.717) is 30.7 Å². The van der Waals surface area contributed by atoms with Gasteiger partial charge in [0.1, 0.15) is 5.60 Å². The minimum Gasteiger partial charge on any atom is -0.504 e. The van der Waals surface area contributed by atoms with Crippen LogP contribution in [0.2, 0.25) is 0 Å². The van der Waals surface area contributed by atoms with Crippen LogP contribution in [0.3, 0.4) is 0 Å². The summed E-state index contributed by atoms with van der Waals surface area (Å²) in [6.45, 7) is 0. The first-order valence-electron chi connectivity index (χ1n) is 7.54. The van der Waals surface area contributed by atoms with E-state index >= 15 is 0 Å². The Bertz CT molecular complexity index is 798. The number of ether oxygens (including phenoxy) is 1. The van der Waals surface area contributed by atoms with Crippen LogP contribution in [0, 0.1) is 11.3 Å². The molecule has 4 atom stereocenters. The number of phenols is 1. The van der Waals surface area contributed by atoms with Crippen molar-refractivity contribution < 1.29 is 19.7 Å². The SMILES string of the molecule is N=C1CC[C@]23c4c5ccc(O)c4OC2C(=O)C=C[C@@]3(O)[C@H]1C5. The topological polar surface area (TPSA) is 90.6 Å². The van der Waals surface area contributed by atoms with Crippen molar-refractivity contribution in [3.05, 3.63) is 35.4 Å². The third kappa shape index (κ3) is 1.04. The van der Waals surface area contributed by atoms with E-state index in [1.807, 2.05) is 6.07 Å². The van der Waals surface area contributed by atoms with Gasteiger partial charge in [-0.3, -0.25) is 4.79 Å². The van der Waals surface area contributed by atoms with Gasteiger partial charge < -0.3 is 20.4 Å². The second kappa shape index (κ2) is 3.43. The second-order valence-corrected chi connectivity index (χ2v) is 6.76. The molecule has 2 bridgehead atoms. The lowest BCUT2D eigenvalue weighted by Gasteiger charge is -2.57. The van der Waals surface area contributed by atoms with Gasteiger partial charge in [-0.05, 0) is 43.0 Å². The number of carbonyl (C=O) groups is 1. The predicted molar refractivity (Wildman–Crippen MR) is 77.5 cm³/mol. The maximum Gasteiger partial charge on any atom is 0.196 e. The Kier molecular flexibility index (Phi) is 1.94. The van der Waals surface area contributed by atoms with Crippen LogP contribution in [0.1, 0.15) is 24.0 Å². The first-order chi connectivity index (χ1) is 10.5. The number of carbonyl (C=O) groups excluding carboxylic acids is 1. The summed E-state index contributed by atoms with van der Waals surface area (Å²) in [5.41, 5.74) is 0.125. The minimum atomic E-state index is -1.28. The highest BCUT2D eigenvalue weighted by Crippen LogP contribution is 2.64. The number of phenolic OH excluding ortho intramolecular Hbond substituents is 1. The van der Waals surface area contributed by atoms with Crippen LogP contribution >= 0.6 is 0 Å². The van der Waals surface area contributed by atoms with Crippen LogP contribution in [-0.4, -0.2) is 33.4 Å². The highest BCUT2D eigenvalue weighted by Gasteiger charge is 2.71. The van der Waals surface area contributed by atoms with Gasteiger partial charge in [0.15, 0.2) is 23.4 Å². The minimum absolute atomic E-state index is 0.0109. The molecule has 0 saturated heterocycles. The molecule has 1 aromatic rings. The zero-order valence-corrected chi connectivity index (χ0v) is 11.8. The molecule has 0 radical (unpaired) electrons. The van der Waals surface area contributed by atoms with Crippen LogP contribution in [0.5, 0.6) is 11.5 Å². The van der Waals surface area contributed by atoms with Crippen LogP contribution in [0.4, 0.5) is 0 Å². The van der Waals surface area contributed by atoms with Crippen molar-refractivity contribution in [2.24, 2.45) is 5.92 Å². The summed E-state index contributed by atoms with van der Waals surface area (Å²) in [7, 11) is 0. The van der Waals surface area contributed by atoms with E-state index < -0.39 is 17.1 Å². The molecule has 3 aliphatic carbocycles. The van der Waals surface area contributed by atoms with Gasteiger partial charge in [-0.2, -0.15) is 0 Å². The van der Waals surface area contributed by atoms with Crippen LogP contribution in [0.15, 0.2) is 24.3 Å². The maximum atomic E-state index is 12.4. The van der Waals surface area contributed by atoms with Gasteiger partial charge in [0, 0.05) is 17.2 Å². The smallest absolute Gasteiger partial charge is 0.196 e. The van der Waals surface area contributed by atoms with E-state index in [4.69, 9.17) is 10.1 Å². The van der Waals surface area contributed by atoms with Gasteiger partial charge in [0.25, 0.3) is 0 Å². The average Bonchev–Trinajstić information content (AvgIpc) is 2.85. The van der Waals surface area contributed by atoms with E-state index in [1.54, 1.807) is 12.1 Å². The summed E-state index contributed by atoms with van der Waals surface area (Å²) < 4.78 is 5.84. The van der Waals surface area contributed by atoms with Crippen molar-refractivity contribution in [1.82, 2.24) is 0 Å². The Morgan fingerprint density at radius 2 is 2.18 bits per heavy atom. The Morgan fingerprint density at radius 1 is 1.36 bits per heavy atom. The van der Waals surface area contributed by atoms with E-state index in [-0.39, 0.29) is 17.5 Å². The largest absolute Gasteiger partial charge is 0.504 e. The van der Waals surface area contributed by atoms with Crippen LogP contribution < -0.4 is 4.74 Å². The molecule has 22 heavy (non-hydrogen) atoms. The Hall–Kier alpha value is -2.14. The van der Waals surface area contributed by atoms with Gasteiger partial charge in [-0.15, -0.1) is 0 Å². The molecule has 5 heteroatoms. The zero-order valence-electron chi connectivity index (χ0n) is 11.8. The van der Waals surface area contributed by atoms with Gasteiger partial charge in [0.2, 0.25) is 0 Å². The molecule has 5 nitrogen and oxygen atoms in total. The lowest BCUT2D eigenvalue weighted by atomic mass is 9.47. The van der Waals surface area contributed by atoms with Crippen molar-refractivity contribution in [1.29, 1.82) is 5.41 Å². The molecule has 4 aliphatic rings. The number of benzene rings is 1. The lowest BCUT2D eigenvalue weighted by molar-refractivity contribution is -0.137. The summed E-state index contributed by atoms with van der Waals surface area (Å²) in [4.78, 5) is 12.4. The summed E-state index contributed by atoms with van der Waals surface area (Å²) in [5.74, 6) is -0.165. The maximum absolute atomic E-state index is 12.4. The fourth-order valence-corrected chi connectivity index (χ4v) is 5.05. The van der Waals surface area contributed by atoms with Crippen LogP contribution in [0.25, 0.3) is 0 Å². The summed E-state index contributed by atoms with van der Waals surface area (Å²) in [6, 6.07) is 3.40. The molecule has 1 heterocycles. The number of rotatable bonds is 0. The third-order valence-electron chi connectivity index (χ3n) is 5.99. The third-order valence-corrected chi connectivity index (χ3v) is 5.99. The Balaban J connectivity index is 1.93. The van der Waals surface area contributed by atoms with Crippen molar-refractivity contribution in [3.8, 4) is 11.5 Å². The normalized spacial score (nSPS) is 40.4. The number of nitrogens with one attached hydrogen (secondary N) is 1. The fraction of sp³-hybridized carbons (Fsp3) is 0.412. The molecule has 1 aromatic carbocycles. The lowest BCUT2D eigenvalue weighted by Crippen LogP contribution is -2.69. The number of aromatic hydroxyl groups is 1. The highest BCUT2D eigenvalue weighted by molar-refractivity contribution is 6.01. The predicted octanol–water partition coefficient (Wildman–Crippen LogP) is 1.25. The summed E-state index contributed by atoms with van der Waals surface area (Å²) in [6.07, 6.45) is 3.71.